The third kappa shape index (κ3) is 5.13. The largest absolute Gasteiger partial charge is 0.475 e. The lowest BCUT2D eigenvalue weighted by atomic mass is 10.2. The molecule has 1 atom stereocenters. The quantitative estimate of drug-likeness (QED) is 0.783. The van der Waals surface area contributed by atoms with E-state index in [2.05, 4.69) is 20.2 Å². The fraction of sp³-hybridized carbons (Fsp3) is 0.733. The summed E-state index contributed by atoms with van der Waals surface area (Å²) < 4.78 is 10.9. The maximum atomic E-state index is 5.65. The first kappa shape index (κ1) is 16.0. The maximum absolute atomic E-state index is 5.65. The molecule has 2 rings (SSSR count). The summed E-state index contributed by atoms with van der Waals surface area (Å²) in [6, 6.07) is 2.30. The maximum Gasteiger partial charge on any atom is 0.228 e. The normalized spacial score (nSPS) is 18.2. The number of nitrogens with zero attached hydrogens (tertiary/aromatic N) is 3. The minimum Gasteiger partial charge on any atom is -0.475 e. The molecule has 0 aliphatic carbocycles. The minimum absolute atomic E-state index is 0.108. The molecule has 21 heavy (non-hydrogen) atoms. The highest BCUT2D eigenvalue weighted by molar-refractivity contribution is 5.32. The van der Waals surface area contributed by atoms with Crippen molar-refractivity contribution in [1.82, 2.24) is 15.3 Å². The highest BCUT2D eigenvalue weighted by Gasteiger charge is 2.20. The highest BCUT2D eigenvalue weighted by atomic mass is 16.5. The van der Waals surface area contributed by atoms with Gasteiger partial charge >= 0.3 is 0 Å². The second kappa shape index (κ2) is 8.14. The van der Waals surface area contributed by atoms with Gasteiger partial charge in [0.1, 0.15) is 0 Å². The summed E-state index contributed by atoms with van der Waals surface area (Å²) in [6.45, 7) is 7.42. The molecule has 0 spiro atoms. The van der Waals surface area contributed by atoms with Gasteiger partial charge in [-0.2, -0.15) is 4.98 Å². The average molecular weight is 294 g/mol. The lowest BCUT2D eigenvalue weighted by Gasteiger charge is -2.25. The second-order valence-electron chi connectivity index (χ2n) is 5.59. The fourth-order valence-electron chi connectivity index (χ4n) is 2.44. The number of nitrogens with one attached hydrogen (secondary N) is 1. The molecule has 6 nitrogen and oxygen atoms in total. The molecule has 0 amide bonds. The summed E-state index contributed by atoms with van der Waals surface area (Å²) in [7, 11) is 1.71. The van der Waals surface area contributed by atoms with Gasteiger partial charge in [0.15, 0.2) is 0 Å². The average Bonchev–Trinajstić information content (AvgIpc) is 2.96. The van der Waals surface area contributed by atoms with Crippen LogP contribution in [0.1, 0.15) is 26.7 Å². The van der Waals surface area contributed by atoms with E-state index in [0.717, 1.165) is 19.6 Å². The van der Waals surface area contributed by atoms with E-state index in [0.29, 0.717) is 24.5 Å². The van der Waals surface area contributed by atoms with Gasteiger partial charge in [0, 0.05) is 38.5 Å². The summed E-state index contributed by atoms with van der Waals surface area (Å²) in [5.74, 6) is 1.33. The Bertz CT molecular complexity index is 422. The molecule has 1 unspecified atom stereocenters. The zero-order chi connectivity index (χ0) is 15.1. The molecule has 1 aliphatic rings. The van der Waals surface area contributed by atoms with Crippen molar-refractivity contribution in [2.75, 3.05) is 38.3 Å². The molecule has 0 radical (unpaired) electrons. The van der Waals surface area contributed by atoms with Crippen molar-refractivity contribution in [1.29, 1.82) is 0 Å². The van der Waals surface area contributed by atoms with Crippen molar-refractivity contribution in [2.24, 2.45) is 0 Å². The second-order valence-corrected chi connectivity index (χ2v) is 5.59. The van der Waals surface area contributed by atoms with Gasteiger partial charge in [0.05, 0.1) is 12.7 Å². The topological polar surface area (TPSA) is 59.5 Å². The molecule has 1 aliphatic heterocycles. The van der Waals surface area contributed by atoms with Gasteiger partial charge in [0.2, 0.25) is 11.8 Å². The Hall–Kier alpha value is -1.40. The molecule has 1 aromatic heterocycles. The summed E-state index contributed by atoms with van der Waals surface area (Å²) in [5.41, 5.74) is 0. The summed E-state index contributed by atoms with van der Waals surface area (Å²) in [6.07, 6.45) is 4.30. The van der Waals surface area contributed by atoms with Gasteiger partial charge in [-0.1, -0.05) is 0 Å². The van der Waals surface area contributed by atoms with Crippen LogP contribution < -0.4 is 15.0 Å². The first-order valence-electron chi connectivity index (χ1n) is 7.66. The van der Waals surface area contributed by atoms with Crippen molar-refractivity contribution in [3.63, 3.8) is 0 Å². The Labute approximate surface area is 126 Å². The number of ether oxygens (including phenoxy) is 2. The van der Waals surface area contributed by atoms with Crippen molar-refractivity contribution in [2.45, 2.75) is 38.8 Å². The van der Waals surface area contributed by atoms with E-state index in [4.69, 9.17) is 9.47 Å². The Morgan fingerprint density at radius 1 is 1.48 bits per heavy atom. The standard InChI is InChI=1S/C15H26N4O2/c1-12(2)21-14-6-8-17-15(18-14)19(9-10-20-3)11-13-5-4-7-16-13/h6,8,12-13,16H,4-5,7,9-11H2,1-3H3. The molecule has 0 aromatic carbocycles. The molecule has 118 valence electrons. The number of methoxy groups -OCH3 is 1. The molecule has 1 aromatic rings. The van der Waals surface area contributed by atoms with E-state index < -0.39 is 0 Å². The molecule has 0 saturated carbocycles. The van der Waals surface area contributed by atoms with Crippen molar-refractivity contribution < 1.29 is 9.47 Å². The molecule has 1 N–H and O–H groups in total. The fourth-order valence-corrected chi connectivity index (χ4v) is 2.44. The molecule has 6 heteroatoms. The van der Waals surface area contributed by atoms with E-state index >= 15 is 0 Å². The van der Waals surface area contributed by atoms with Crippen LogP contribution in [0.15, 0.2) is 12.3 Å². The SMILES string of the molecule is COCCN(CC1CCCN1)c1nccc(OC(C)C)n1. The number of aromatic nitrogens is 2. The van der Waals surface area contributed by atoms with Crippen LogP contribution >= 0.6 is 0 Å². The van der Waals surface area contributed by atoms with Crippen LogP contribution in [-0.2, 0) is 4.74 Å². The van der Waals surface area contributed by atoms with Crippen molar-refractivity contribution in [3.05, 3.63) is 12.3 Å². The Balaban J connectivity index is 2.06. The van der Waals surface area contributed by atoms with Crippen LogP contribution in [0.25, 0.3) is 0 Å². The van der Waals surface area contributed by atoms with Gasteiger partial charge in [0.25, 0.3) is 0 Å². The summed E-state index contributed by atoms with van der Waals surface area (Å²) in [5, 5.41) is 3.51. The number of rotatable bonds is 8. The third-order valence-corrected chi connectivity index (χ3v) is 3.43. The predicted octanol–water partition coefficient (Wildman–Crippen LogP) is 1.47. The lowest BCUT2D eigenvalue weighted by Crippen LogP contribution is -2.40. The van der Waals surface area contributed by atoms with E-state index in [1.807, 2.05) is 13.8 Å². The van der Waals surface area contributed by atoms with Crippen molar-refractivity contribution in [3.8, 4) is 5.88 Å². The molecular formula is C15H26N4O2. The van der Waals surface area contributed by atoms with E-state index in [1.54, 1.807) is 19.4 Å². The third-order valence-electron chi connectivity index (χ3n) is 3.43. The zero-order valence-electron chi connectivity index (χ0n) is 13.2. The Morgan fingerprint density at radius 2 is 2.33 bits per heavy atom. The van der Waals surface area contributed by atoms with E-state index in [1.165, 1.54) is 12.8 Å². The zero-order valence-corrected chi connectivity index (χ0v) is 13.2. The van der Waals surface area contributed by atoms with Gasteiger partial charge in [-0.05, 0) is 33.2 Å². The monoisotopic (exact) mass is 294 g/mol. The predicted molar refractivity (Wildman–Crippen MR) is 82.9 cm³/mol. The molecular weight excluding hydrogens is 268 g/mol. The van der Waals surface area contributed by atoms with Gasteiger partial charge in [-0.3, -0.25) is 0 Å². The minimum atomic E-state index is 0.108. The van der Waals surface area contributed by atoms with E-state index in [-0.39, 0.29) is 6.10 Å². The number of anilines is 1. The lowest BCUT2D eigenvalue weighted by molar-refractivity contribution is 0.204. The van der Waals surface area contributed by atoms with Crippen LogP contribution in [0.3, 0.4) is 0 Å². The highest BCUT2D eigenvalue weighted by Crippen LogP contribution is 2.16. The van der Waals surface area contributed by atoms with Crippen LogP contribution in [0.5, 0.6) is 5.88 Å². The summed E-state index contributed by atoms with van der Waals surface area (Å²) in [4.78, 5) is 11.1. The first-order valence-corrected chi connectivity index (χ1v) is 7.66. The number of hydrogen-bond donors (Lipinski definition) is 1. The van der Waals surface area contributed by atoms with Crippen molar-refractivity contribution >= 4 is 5.95 Å². The Morgan fingerprint density at radius 3 is 3.00 bits per heavy atom. The van der Waals surface area contributed by atoms with E-state index in [9.17, 15) is 0 Å². The molecule has 1 saturated heterocycles. The Kier molecular flexibility index (Phi) is 6.20. The van der Waals surface area contributed by atoms with Gasteiger partial charge < -0.3 is 19.7 Å². The molecule has 2 heterocycles. The van der Waals surface area contributed by atoms with Crippen LogP contribution in [-0.4, -0.2) is 55.5 Å². The summed E-state index contributed by atoms with van der Waals surface area (Å²) >= 11 is 0. The number of hydrogen-bond acceptors (Lipinski definition) is 6. The molecule has 1 fully saturated rings. The first-order chi connectivity index (χ1) is 10.2. The van der Waals surface area contributed by atoms with Gasteiger partial charge in [-0.15, -0.1) is 0 Å². The van der Waals surface area contributed by atoms with Gasteiger partial charge in [-0.25, -0.2) is 4.98 Å². The van der Waals surface area contributed by atoms with Crippen LogP contribution in [0, 0.1) is 0 Å². The smallest absolute Gasteiger partial charge is 0.228 e. The van der Waals surface area contributed by atoms with Crippen LogP contribution in [0.2, 0.25) is 0 Å². The molecule has 0 bridgehead atoms. The van der Waals surface area contributed by atoms with Crippen LogP contribution in [0.4, 0.5) is 5.95 Å².